The van der Waals surface area contributed by atoms with Crippen LogP contribution in [0.5, 0.6) is 0 Å². The summed E-state index contributed by atoms with van der Waals surface area (Å²) in [6.45, 7) is 22.3. The Morgan fingerprint density at radius 2 is 1.35 bits per heavy atom. The Balaban J connectivity index is 0.00000240. The zero-order valence-corrected chi connectivity index (χ0v) is 33.8. The van der Waals surface area contributed by atoms with Gasteiger partial charge in [0.1, 0.15) is 0 Å². The van der Waals surface area contributed by atoms with E-state index in [1.165, 1.54) is 38.3 Å². The number of hydrogen-bond donors (Lipinski definition) is 0. The number of fused-ring (bicyclic) bond motifs is 2. The van der Waals surface area contributed by atoms with E-state index in [0.29, 0.717) is 0 Å². The fraction of sp³-hybridized carbons (Fsp3) is 0.310. The first kappa shape index (κ1) is 36.7. The molecule has 237 valence electrons. The fourth-order valence-corrected chi connectivity index (χ4v) is 15.8. The normalized spacial score (nSPS) is 18.8. The molecule has 0 amide bonds. The van der Waals surface area contributed by atoms with Gasteiger partial charge in [-0.15, -0.1) is 0 Å². The Kier molecular flexibility index (Phi) is 10.7. The summed E-state index contributed by atoms with van der Waals surface area (Å²) >= 11 is -1.34. The minimum atomic E-state index is -1.80. The third kappa shape index (κ3) is 6.25. The maximum absolute atomic E-state index is 2.67. The average molecular weight is 742 g/mol. The maximum atomic E-state index is 2.67. The molecule has 0 bridgehead atoms. The van der Waals surface area contributed by atoms with Gasteiger partial charge >= 0.3 is 279 Å². The summed E-state index contributed by atoms with van der Waals surface area (Å²) in [7, 11) is -1.80. The molecule has 3 aliphatic carbocycles. The zero-order valence-electron chi connectivity index (χ0n) is 28.9. The molecule has 0 spiro atoms. The molecule has 0 radical (unpaired) electrons. The first-order valence-corrected chi connectivity index (χ1v) is 22.1. The van der Waals surface area contributed by atoms with Gasteiger partial charge in [-0.3, -0.25) is 0 Å². The van der Waals surface area contributed by atoms with Crippen LogP contribution in [0.1, 0.15) is 64.7 Å². The molecule has 0 nitrogen and oxygen atoms in total. The number of benzene rings is 3. The number of rotatable bonds is 5. The predicted octanol–water partition coefficient (Wildman–Crippen LogP) is 3.49. The molecule has 3 aromatic rings. The second-order valence-corrected chi connectivity index (χ2v) is 24.1. The summed E-state index contributed by atoms with van der Waals surface area (Å²) in [5.41, 5.74) is 10.6. The van der Waals surface area contributed by atoms with Crippen molar-refractivity contribution < 1.29 is 47.6 Å². The van der Waals surface area contributed by atoms with E-state index in [4.69, 9.17) is 0 Å². The quantitative estimate of drug-likeness (QED) is 0.352. The third-order valence-corrected chi connectivity index (χ3v) is 17.4. The molecule has 0 saturated heterocycles. The van der Waals surface area contributed by atoms with Crippen molar-refractivity contribution in [3.63, 3.8) is 0 Å². The van der Waals surface area contributed by atoms with Crippen LogP contribution >= 0.6 is 0 Å². The van der Waals surface area contributed by atoms with Crippen molar-refractivity contribution in [2.45, 2.75) is 78.1 Å². The van der Waals surface area contributed by atoms with E-state index >= 15 is 0 Å². The monoisotopic (exact) mass is 739 g/mol. The molecule has 0 aliphatic heterocycles. The van der Waals surface area contributed by atoms with Crippen molar-refractivity contribution in [3.05, 3.63) is 153 Å². The molecule has 6 rings (SSSR count). The molecule has 3 aliphatic rings. The van der Waals surface area contributed by atoms with Crippen LogP contribution in [0.25, 0.3) is 8.85 Å². The molecule has 0 aromatic heterocycles. The number of hydrogen-bond acceptors (Lipinski definition) is 0. The molecular formula is C42H47Cl2SiZr. The van der Waals surface area contributed by atoms with Crippen LogP contribution in [0.3, 0.4) is 0 Å². The molecule has 3 aromatic carbocycles. The molecule has 46 heavy (non-hydrogen) atoms. The number of allylic oxidation sites excluding steroid dienone is 8. The molecule has 1 atom stereocenters. The second-order valence-electron chi connectivity index (χ2n) is 15.7. The van der Waals surface area contributed by atoms with Gasteiger partial charge in [0.15, 0.2) is 0 Å². The topological polar surface area (TPSA) is 0 Å². The van der Waals surface area contributed by atoms with Crippen LogP contribution < -0.4 is 35.3 Å². The van der Waals surface area contributed by atoms with Crippen molar-refractivity contribution in [3.8, 4) is 0 Å². The van der Waals surface area contributed by atoms with E-state index in [2.05, 4.69) is 170 Å². The van der Waals surface area contributed by atoms with E-state index in [-0.39, 0.29) is 40.7 Å². The van der Waals surface area contributed by atoms with E-state index in [1.807, 2.05) is 0 Å². The largest absolute Gasteiger partial charge is 1.00 e. The van der Waals surface area contributed by atoms with Gasteiger partial charge in [0, 0.05) is 0 Å². The Bertz CT molecular complexity index is 1850. The Hall–Kier alpha value is -2.09. The fourth-order valence-electron chi connectivity index (χ4n) is 7.98. The summed E-state index contributed by atoms with van der Waals surface area (Å²) < 4.78 is 3.22. The van der Waals surface area contributed by atoms with Crippen LogP contribution in [0.2, 0.25) is 24.7 Å². The van der Waals surface area contributed by atoms with Gasteiger partial charge in [-0.1, -0.05) is 0 Å². The molecule has 0 fully saturated rings. The summed E-state index contributed by atoms with van der Waals surface area (Å²) in [5, 5.41) is 2.94. The molecule has 4 heteroatoms. The van der Waals surface area contributed by atoms with Gasteiger partial charge in [-0.05, 0) is 0 Å². The SMILES string of the molecule is CC(C)(C)c1ccc2c(c1)=[C]([Zr+2]=[C](c1ccccc1)c1ccccc1)C1=C(C3=CC=CC3)C(C(C)(C)C)([Si](C)(C)C)C=CC=21.[Cl-].[Cl-]. The van der Waals surface area contributed by atoms with Gasteiger partial charge in [0.25, 0.3) is 0 Å². The van der Waals surface area contributed by atoms with Crippen molar-refractivity contribution in [1.82, 2.24) is 0 Å². The molecule has 0 N–H and O–H groups in total. The second kappa shape index (κ2) is 13.4. The maximum Gasteiger partial charge on any atom is -1.00 e. The van der Waals surface area contributed by atoms with Crippen LogP contribution in [-0.2, 0) is 28.2 Å². The van der Waals surface area contributed by atoms with E-state index in [1.54, 1.807) is 17.6 Å². The average Bonchev–Trinajstić information content (AvgIpc) is 3.61. The van der Waals surface area contributed by atoms with Gasteiger partial charge in [-0.2, -0.15) is 0 Å². The predicted molar refractivity (Wildman–Crippen MR) is 191 cm³/mol. The first-order chi connectivity index (χ1) is 20.7. The van der Waals surface area contributed by atoms with Gasteiger partial charge in [-0.25, -0.2) is 0 Å². The standard InChI is InChI=1S/C29H37Si.C13H10.2ClH.Zr/c1-27(2,3)22-14-15-23-21(18-22)19-25-24(23)16-17-29(28(4,5)6,30(7,8)9)26(25)20-12-10-11-13-20;1-3-7-12(8-4-1)11-13-9-5-2-6-10-13;;;/h10-12,14-18H,13H2,1-9H3;1-10H;2*1H;/q;;;;+2/p-2. The molecule has 0 saturated carbocycles. The smallest absolute Gasteiger partial charge is 1.00 e. The summed E-state index contributed by atoms with van der Waals surface area (Å²) in [5.74, 6) is 0. The summed E-state index contributed by atoms with van der Waals surface area (Å²) in [6, 6.07) is 29.9. The Morgan fingerprint density at radius 3 is 1.83 bits per heavy atom. The first-order valence-electron chi connectivity index (χ1n) is 16.2. The molecular weight excluding hydrogens is 695 g/mol. The van der Waals surface area contributed by atoms with E-state index in [9.17, 15) is 0 Å². The van der Waals surface area contributed by atoms with Gasteiger partial charge in [0.2, 0.25) is 0 Å². The minimum absolute atomic E-state index is 0. The van der Waals surface area contributed by atoms with E-state index in [0.717, 1.165) is 6.42 Å². The van der Waals surface area contributed by atoms with Crippen LogP contribution in [0, 0.1) is 5.41 Å². The van der Waals surface area contributed by atoms with Crippen LogP contribution in [0.15, 0.2) is 126 Å². The van der Waals surface area contributed by atoms with Crippen molar-refractivity contribution in [1.29, 1.82) is 0 Å². The Morgan fingerprint density at radius 1 is 0.761 bits per heavy atom. The number of halogens is 2. The summed E-state index contributed by atoms with van der Waals surface area (Å²) in [4.78, 5) is 0. The summed E-state index contributed by atoms with van der Waals surface area (Å²) in [6.07, 6.45) is 13.3. The molecule has 1 unspecified atom stereocenters. The van der Waals surface area contributed by atoms with Gasteiger partial charge in [0.05, 0.1) is 0 Å². The molecule has 0 heterocycles. The third-order valence-electron chi connectivity index (χ3n) is 9.94. The van der Waals surface area contributed by atoms with Gasteiger partial charge < -0.3 is 24.8 Å². The van der Waals surface area contributed by atoms with Crippen molar-refractivity contribution in [2.75, 3.05) is 0 Å². The van der Waals surface area contributed by atoms with Crippen molar-refractivity contribution in [2.24, 2.45) is 5.41 Å². The zero-order chi connectivity index (χ0) is 31.5. The van der Waals surface area contributed by atoms with E-state index < -0.39 is 30.8 Å². The Labute approximate surface area is 302 Å². The van der Waals surface area contributed by atoms with Crippen LogP contribution in [0.4, 0.5) is 0 Å². The van der Waals surface area contributed by atoms with Crippen molar-refractivity contribution >= 4 is 20.1 Å². The van der Waals surface area contributed by atoms with Crippen LogP contribution in [-0.4, -0.2) is 11.3 Å². The minimum Gasteiger partial charge on any atom is -1.00 e.